The van der Waals surface area contributed by atoms with Gasteiger partial charge >= 0.3 is 0 Å². The number of hydrogen-bond acceptors (Lipinski definition) is 4. The second-order valence-corrected chi connectivity index (χ2v) is 9.37. The van der Waals surface area contributed by atoms with Crippen LogP contribution in [0.1, 0.15) is 22.3 Å². The van der Waals surface area contributed by atoms with Gasteiger partial charge in [0.25, 0.3) is 0 Å². The van der Waals surface area contributed by atoms with Crippen LogP contribution in [-0.2, 0) is 33.6 Å². The van der Waals surface area contributed by atoms with E-state index < -0.39 is 10.0 Å². The number of aliphatic imine (C=N–C) groups is 1. The Morgan fingerprint density at radius 1 is 1.09 bits per heavy atom. The van der Waals surface area contributed by atoms with Gasteiger partial charge in [0.05, 0.1) is 19.0 Å². The monoisotopic (exact) mass is 576 g/mol. The second-order valence-electron chi connectivity index (χ2n) is 7.40. The molecule has 1 saturated heterocycles. The number of aryl methyl sites for hydroxylation is 1. The molecule has 2 aromatic rings. The van der Waals surface area contributed by atoms with Crippen molar-refractivity contribution in [3.8, 4) is 0 Å². The smallest absolute Gasteiger partial charge is 0.218 e. The van der Waals surface area contributed by atoms with Gasteiger partial charge in [-0.15, -0.1) is 24.0 Å². The molecule has 0 saturated carbocycles. The summed E-state index contributed by atoms with van der Waals surface area (Å²) in [6.45, 7) is 4.29. The molecule has 0 radical (unpaired) electrons. The number of hydrogen-bond donors (Lipinski definition) is 2. The van der Waals surface area contributed by atoms with Crippen LogP contribution in [0.25, 0.3) is 0 Å². The Kier molecular flexibility index (Phi) is 10.3. The summed E-state index contributed by atoms with van der Waals surface area (Å²) in [5.74, 6) is 0.300. The van der Waals surface area contributed by atoms with E-state index in [0.29, 0.717) is 50.9 Å². The minimum Gasteiger partial charge on any atom is -0.379 e. The summed E-state index contributed by atoms with van der Waals surface area (Å²) in [7, 11) is -1.74. The number of halogens is 2. The maximum atomic E-state index is 13.4. The van der Waals surface area contributed by atoms with Gasteiger partial charge in [0, 0.05) is 33.2 Å². The van der Waals surface area contributed by atoms with Crippen molar-refractivity contribution in [2.24, 2.45) is 4.99 Å². The molecule has 1 heterocycles. The molecule has 0 spiro atoms. The normalized spacial score (nSPS) is 15.2. The zero-order valence-corrected chi connectivity index (χ0v) is 21.5. The lowest BCUT2D eigenvalue weighted by Crippen LogP contribution is -2.41. The molecule has 1 aliphatic rings. The summed E-state index contributed by atoms with van der Waals surface area (Å²) in [5.41, 5.74) is 3.18. The van der Waals surface area contributed by atoms with Gasteiger partial charge in [-0.2, -0.15) is 4.31 Å². The van der Waals surface area contributed by atoms with Gasteiger partial charge in [-0.1, -0.05) is 36.4 Å². The van der Waals surface area contributed by atoms with Crippen molar-refractivity contribution in [1.82, 2.24) is 14.9 Å². The molecular weight excluding hydrogens is 546 g/mol. The minimum absolute atomic E-state index is 0. The van der Waals surface area contributed by atoms with Crippen LogP contribution in [0.2, 0.25) is 0 Å². The van der Waals surface area contributed by atoms with Gasteiger partial charge < -0.3 is 15.4 Å². The third-order valence-electron chi connectivity index (χ3n) is 5.17. The SMILES string of the molecule is CN=C(NCc1ccc(F)c(C)c1)NCc1ccccc1CS(=O)(=O)N1CCOCC1.I. The fraction of sp³-hybridized carbons (Fsp3) is 0.409. The highest BCUT2D eigenvalue weighted by atomic mass is 127. The first-order valence-corrected chi connectivity index (χ1v) is 11.8. The molecule has 0 unspecified atom stereocenters. The number of guanidine groups is 1. The maximum absolute atomic E-state index is 13.4. The third-order valence-corrected chi connectivity index (χ3v) is 7.00. The van der Waals surface area contributed by atoms with Crippen LogP contribution in [0.15, 0.2) is 47.5 Å². The van der Waals surface area contributed by atoms with Crippen LogP contribution >= 0.6 is 24.0 Å². The summed E-state index contributed by atoms with van der Waals surface area (Å²) in [5, 5.41) is 6.42. The molecular formula is C22H30FIN4O3S. The zero-order valence-electron chi connectivity index (χ0n) is 18.3. The van der Waals surface area contributed by atoms with E-state index >= 15 is 0 Å². The van der Waals surface area contributed by atoms with E-state index in [1.165, 1.54) is 10.4 Å². The highest BCUT2D eigenvalue weighted by Gasteiger charge is 2.25. The fourth-order valence-electron chi connectivity index (χ4n) is 3.39. The molecule has 0 aliphatic carbocycles. The molecule has 3 rings (SSSR count). The van der Waals surface area contributed by atoms with E-state index in [1.54, 1.807) is 26.1 Å². The Morgan fingerprint density at radius 2 is 1.75 bits per heavy atom. The molecule has 1 aliphatic heterocycles. The Hall–Kier alpha value is -1.76. The van der Waals surface area contributed by atoms with Crippen LogP contribution in [-0.4, -0.2) is 52.0 Å². The van der Waals surface area contributed by atoms with E-state index in [2.05, 4.69) is 15.6 Å². The van der Waals surface area contributed by atoms with E-state index in [0.717, 1.165) is 16.7 Å². The zero-order chi connectivity index (χ0) is 22.3. The molecule has 0 aromatic heterocycles. The first-order valence-electron chi connectivity index (χ1n) is 10.2. The fourth-order valence-corrected chi connectivity index (χ4v) is 4.95. The van der Waals surface area contributed by atoms with Crippen molar-refractivity contribution in [1.29, 1.82) is 0 Å². The average Bonchev–Trinajstić information content (AvgIpc) is 2.77. The molecule has 0 atom stereocenters. The molecule has 0 amide bonds. The number of rotatable bonds is 7. The molecule has 32 heavy (non-hydrogen) atoms. The summed E-state index contributed by atoms with van der Waals surface area (Å²) < 4.78 is 45.8. The molecule has 2 N–H and O–H groups in total. The van der Waals surface area contributed by atoms with Crippen molar-refractivity contribution in [3.63, 3.8) is 0 Å². The van der Waals surface area contributed by atoms with Crippen LogP contribution < -0.4 is 10.6 Å². The molecule has 7 nitrogen and oxygen atoms in total. The number of benzene rings is 2. The summed E-state index contributed by atoms with van der Waals surface area (Å²) in [6.07, 6.45) is 0. The molecule has 1 fully saturated rings. The predicted molar refractivity (Wildman–Crippen MR) is 135 cm³/mol. The highest BCUT2D eigenvalue weighted by Crippen LogP contribution is 2.16. The summed E-state index contributed by atoms with van der Waals surface area (Å²) in [6, 6.07) is 12.5. The Balaban J connectivity index is 0.00000363. The number of nitrogens with one attached hydrogen (secondary N) is 2. The lowest BCUT2D eigenvalue weighted by atomic mass is 10.1. The predicted octanol–water partition coefficient (Wildman–Crippen LogP) is 2.78. The van der Waals surface area contributed by atoms with Crippen molar-refractivity contribution in [3.05, 3.63) is 70.5 Å². The molecule has 176 valence electrons. The van der Waals surface area contributed by atoms with Gasteiger partial charge in [-0.3, -0.25) is 4.99 Å². The van der Waals surface area contributed by atoms with Crippen LogP contribution in [0.5, 0.6) is 0 Å². The van der Waals surface area contributed by atoms with Crippen LogP contribution in [0.4, 0.5) is 4.39 Å². The number of morpholine rings is 1. The number of sulfonamides is 1. The first-order chi connectivity index (χ1) is 14.9. The van der Waals surface area contributed by atoms with Gasteiger partial charge in [0.2, 0.25) is 10.0 Å². The van der Waals surface area contributed by atoms with Gasteiger partial charge in [-0.25, -0.2) is 12.8 Å². The summed E-state index contributed by atoms with van der Waals surface area (Å²) >= 11 is 0. The lowest BCUT2D eigenvalue weighted by molar-refractivity contribution is 0.0729. The van der Waals surface area contributed by atoms with E-state index in [1.807, 2.05) is 24.3 Å². The number of nitrogens with zero attached hydrogens (tertiary/aromatic N) is 2. The largest absolute Gasteiger partial charge is 0.379 e. The molecule has 10 heteroatoms. The molecule has 0 bridgehead atoms. The Bertz CT molecular complexity index is 1030. The standard InChI is InChI=1S/C22H29FN4O3S.HI/c1-17-13-18(7-8-21(17)23)14-25-22(24-2)26-15-19-5-3-4-6-20(19)16-31(28,29)27-9-11-30-12-10-27;/h3-8,13H,9-12,14-16H2,1-2H3,(H2,24,25,26);1H. The van der Waals surface area contributed by atoms with Crippen LogP contribution in [0.3, 0.4) is 0 Å². The van der Waals surface area contributed by atoms with Gasteiger partial charge in [0.15, 0.2) is 5.96 Å². The average molecular weight is 576 g/mol. The van der Waals surface area contributed by atoms with Gasteiger partial charge in [-0.05, 0) is 35.2 Å². The van der Waals surface area contributed by atoms with E-state index in [-0.39, 0.29) is 35.5 Å². The maximum Gasteiger partial charge on any atom is 0.218 e. The quantitative estimate of drug-likeness (QED) is 0.301. The second kappa shape index (κ2) is 12.5. The lowest BCUT2D eigenvalue weighted by Gasteiger charge is -2.26. The number of ether oxygens (including phenoxy) is 1. The minimum atomic E-state index is -3.41. The van der Waals surface area contributed by atoms with E-state index in [4.69, 9.17) is 4.74 Å². The van der Waals surface area contributed by atoms with Crippen LogP contribution in [0, 0.1) is 12.7 Å². The Labute approximate surface area is 206 Å². The topological polar surface area (TPSA) is 83.0 Å². The summed E-state index contributed by atoms with van der Waals surface area (Å²) in [4.78, 5) is 4.22. The van der Waals surface area contributed by atoms with Crippen molar-refractivity contribution in [2.45, 2.75) is 25.8 Å². The Morgan fingerprint density at radius 3 is 2.41 bits per heavy atom. The highest BCUT2D eigenvalue weighted by molar-refractivity contribution is 14.0. The van der Waals surface area contributed by atoms with Crippen molar-refractivity contribution in [2.75, 3.05) is 33.4 Å². The third kappa shape index (κ3) is 7.39. The molecule has 2 aromatic carbocycles. The van der Waals surface area contributed by atoms with Gasteiger partial charge in [0.1, 0.15) is 5.82 Å². The van der Waals surface area contributed by atoms with Crippen molar-refractivity contribution < 1.29 is 17.5 Å². The van der Waals surface area contributed by atoms with E-state index in [9.17, 15) is 12.8 Å². The first kappa shape index (κ1) is 26.5. The van der Waals surface area contributed by atoms with Crippen molar-refractivity contribution >= 4 is 40.0 Å².